The Kier molecular flexibility index (Phi) is 4.55. The molecule has 0 heterocycles. The van der Waals surface area contributed by atoms with E-state index in [4.69, 9.17) is 0 Å². The summed E-state index contributed by atoms with van der Waals surface area (Å²) in [6, 6.07) is 4.85. The predicted molar refractivity (Wildman–Crippen MR) is 63.4 cm³/mol. The zero-order chi connectivity index (χ0) is 11.3. The Balaban J connectivity index is 2.68. The molecule has 82 valence electrons. The predicted octanol–water partition coefficient (Wildman–Crippen LogP) is 1.88. The molecule has 3 nitrogen and oxygen atoms in total. The van der Waals surface area contributed by atoms with Crippen molar-refractivity contribution in [1.82, 2.24) is 10.6 Å². The molecule has 0 spiro atoms. The van der Waals surface area contributed by atoms with E-state index in [-0.39, 0.29) is 5.82 Å². The first-order chi connectivity index (χ1) is 7.17. The third-order valence-electron chi connectivity index (χ3n) is 1.91. The summed E-state index contributed by atoms with van der Waals surface area (Å²) in [5.41, 5.74) is 0.598. The summed E-state index contributed by atoms with van der Waals surface area (Å²) < 4.78 is 14.2. The molecule has 0 saturated carbocycles. The van der Waals surface area contributed by atoms with Crippen LogP contribution in [0.15, 0.2) is 27.7 Å². The number of guanidine groups is 1. The van der Waals surface area contributed by atoms with Gasteiger partial charge in [-0.25, -0.2) is 4.39 Å². The van der Waals surface area contributed by atoms with Gasteiger partial charge < -0.3 is 10.6 Å². The van der Waals surface area contributed by atoms with Gasteiger partial charge in [0.05, 0.1) is 0 Å². The number of rotatable bonds is 2. The van der Waals surface area contributed by atoms with Crippen LogP contribution in [-0.4, -0.2) is 20.1 Å². The van der Waals surface area contributed by atoms with Crippen LogP contribution in [0.25, 0.3) is 0 Å². The minimum absolute atomic E-state index is 0.225. The molecule has 1 aromatic rings. The van der Waals surface area contributed by atoms with E-state index >= 15 is 0 Å². The highest BCUT2D eigenvalue weighted by molar-refractivity contribution is 9.10. The van der Waals surface area contributed by atoms with Crippen LogP contribution >= 0.6 is 15.9 Å². The van der Waals surface area contributed by atoms with E-state index in [0.717, 1.165) is 4.47 Å². The van der Waals surface area contributed by atoms with E-state index in [1.807, 2.05) is 0 Å². The van der Waals surface area contributed by atoms with E-state index in [1.165, 1.54) is 6.07 Å². The van der Waals surface area contributed by atoms with E-state index < -0.39 is 0 Å². The Morgan fingerprint density at radius 1 is 1.53 bits per heavy atom. The second-order valence-corrected chi connectivity index (χ2v) is 3.83. The lowest BCUT2D eigenvalue weighted by atomic mass is 10.2. The van der Waals surface area contributed by atoms with Crippen molar-refractivity contribution in [1.29, 1.82) is 0 Å². The van der Waals surface area contributed by atoms with Crippen LogP contribution in [0, 0.1) is 5.82 Å². The number of halogens is 2. The fourth-order valence-electron chi connectivity index (χ4n) is 1.14. The number of hydrogen-bond acceptors (Lipinski definition) is 1. The number of aliphatic imine (C=N–C) groups is 1. The maximum absolute atomic E-state index is 13.3. The van der Waals surface area contributed by atoms with Gasteiger partial charge in [0.25, 0.3) is 0 Å². The average molecular weight is 274 g/mol. The zero-order valence-corrected chi connectivity index (χ0v) is 10.2. The van der Waals surface area contributed by atoms with E-state index in [0.29, 0.717) is 18.1 Å². The molecule has 1 rings (SSSR count). The van der Waals surface area contributed by atoms with Crippen molar-refractivity contribution < 1.29 is 4.39 Å². The maximum Gasteiger partial charge on any atom is 0.190 e. The van der Waals surface area contributed by atoms with Gasteiger partial charge in [-0.3, -0.25) is 4.99 Å². The molecule has 0 amide bonds. The topological polar surface area (TPSA) is 36.4 Å². The van der Waals surface area contributed by atoms with Gasteiger partial charge in [-0.1, -0.05) is 15.9 Å². The van der Waals surface area contributed by atoms with Crippen LogP contribution in [0.4, 0.5) is 4.39 Å². The first-order valence-corrected chi connectivity index (χ1v) is 5.29. The molecular weight excluding hydrogens is 261 g/mol. The van der Waals surface area contributed by atoms with Crippen LogP contribution in [-0.2, 0) is 6.54 Å². The summed E-state index contributed by atoms with van der Waals surface area (Å²) in [4.78, 5) is 3.93. The molecule has 0 unspecified atom stereocenters. The molecule has 5 heteroatoms. The molecule has 0 radical (unpaired) electrons. The van der Waals surface area contributed by atoms with Crippen molar-refractivity contribution in [2.24, 2.45) is 4.99 Å². The molecule has 0 aliphatic heterocycles. The summed E-state index contributed by atoms with van der Waals surface area (Å²) in [6.45, 7) is 0.402. The Hall–Kier alpha value is -1.10. The summed E-state index contributed by atoms with van der Waals surface area (Å²) in [5, 5.41) is 5.84. The minimum Gasteiger partial charge on any atom is -0.359 e. The summed E-state index contributed by atoms with van der Waals surface area (Å²) in [6.07, 6.45) is 0. The van der Waals surface area contributed by atoms with Gasteiger partial charge in [0.15, 0.2) is 5.96 Å². The lowest BCUT2D eigenvalue weighted by Crippen LogP contribution is -2.34. The standard InChI is InChI=1S/C10H13BrFN3/c1-13-10(14-2)15-6-7-5-8(11)3-4-9(7)12/h3-5H,6H2,1-2H3,(H2,13,14,15). The molecule has 0 aliphatic carbocycles. The minimum atomic E-state index is -0.225. The molecule has 0 bridgehead atoms. The lowest BCUT2D eigenvalue weighted by molar-refractivity contribution is 0.605. The molecule has 15 heavy (non-hydrogen) atoms. The number of benzene rings is 1. The molecule has 0 atom stereocenters. The zero-order valence-electron chi connectivity index (χ0n) is 8.64. The fourth-order valence-corrected chi connectivity index (χ4v) is 1.55. The Morgan fingerprint density at radius 2 is 2.27 bits per heavy atom. The number of hydrogen-bond donors (Lipinski definition) is 2. The largest absolute Gasteiger partial charge is 0.359 e. The smallest absolute Gasteiger partial charge is 0.190 e. The molecule has 0 aliphatic rings. The average Bonchev–Trinajstić information content (AvgIpc) is 2.24. The van der Waals surface area contributed by atoms with Crippen LogP contribution in [0.2, 0.25) is 0 Å². The Bertz CT molecular complexity index is 366. The molecule has 1 aromatic carbocycles. The highest BCUT2D eigenvalue weighted by atomic mass is 79.9. The highest BCUT2D eigenvalue weighted by Gasteiger charge is 2.03. The number of nitrogens with zero attached hydrogens (tertiary/aromatic N) is 1. The van der Waals surface area contributed by atoms with Crippen molar-refractivity contribution in [2.45, 2.75) is 6.54 Å². The summed E-state index contributed by atoms with van der Waals surface area (Å²) in [7, 11) is 3.42. The maximum atomic E-state index is 13.3. The fraction of sp³-hybridized carbons (Fsp3) is 0.300. The number of nitrogens with one attached hydrogen (secondary N) is 2. The van der Waals surface area contributed by atoms with Crippen molar-refractivity contribution in [3.05, 3.63) is 34.1 Å². The van der Waals surface area contributed by atoms with Crippen LogP contribution in [0.1, 0.15) is 5.56 Å². The molecule has 2 N–H and O–H groups in total. The van der Waals surface area contributed by atoms with E-state index in [1.54, 1.807) is 26.2 Å². The van der Waals surface area contributed by atoms with Crippen molar-refractivity contribution >= 4 is 21.9 Å². The van der Waals surface area contributed by atoms with Crippen molar-refractivity contribution in [2.75, 3.05) is 14.1 Å². The van der Waals surface area contributed by atoms with Gasteiger partial charge in [-0.05, 0) is 18.2 Å². The van der Waals surface area contributed by atoms with Gasteiger partial charge in [0.1, 0.15) is 5.82 Å². The van der Waals surface area contributed by atoms with Gasteiger partial charge in [-0.15, -0.1) is 0 Å². The van der Waals surface area contributed by atoms with Gasteiger partial charge in [0, 0.05) is 30.7 Å². The lowest BCUT2D eigenvalue weighted by Gasteiger charge is -2.09. The van der Waals surface area contributed by atoms with Crippen LogP contribution in [0.5, 0.6) is 0 Å². The molecule has 0 saturated heterocycles. The third kappa shape index (κ3) is 3.51. The first-order valence-electron chi connectivity index (χ1n) is 4.49. The molecule has 0 aromatic heterocycles. The molecule has 0 fully saturated rings. The van der Waals surface area contributed by atoms with Crippen LogP contribution in [0.3, 0.4) is 0 Å². The summed E-state index contributed by atoms with van der Waals surface area (Å²) >= 11 is 3.30. The van der Waals surface area contributed by atoms with E-state index in [9.17, 15) is 4.39 Å². The van der Waals surface area contributed by atoms with Gasteiger partial charge >= 0.3 is 0 Å². The van der Waals surface area contributed by atoms with Gasteiger partial charge in [0.2, 0.25) is 0 Å². The monoisotopic (exact) mass is 273 g/mol. The Morgan fingerprint density at radius 3 is 2.87 bits per heavy atom. The second kappa shape index (κ2) is 5.70. The van der Waals surface area contributed by atoms with Crippen molar-refractivity contribution in [3.8, 4) is 0 Å². The van der Waals surface area contributed by atoms with Crippen molar-refractivity contribution in [3.63, 3.8) is 0 Å². The summed E-state index contributed by atoms with van der Waals surface area (Å²) in [5.74, 6) is 0.409. The quantitative estimate of drug-likeness (QED) is 0.638. The molecular formula is C10H13BrFN3. The van der Waals surface area contributed by atoms with E-state index in [2.05, 4.69) is 31.6 Å². The van der Waals surface area contributed by atoms with Gasteiger partial charge in [-0.2, -0.15) is 0 Å². The second-order valence-electron chi connectivity index (χ2n) is 2.91. The highest BCUT2D eigenvalue weighted by Crippen LogP contribution is 2.15. The first kappa shape index (κ1) is 12.0. The third-order valence-corrected chi connectivity index (χ3v) is 2.41. The Labute approximate surface area is 96.9 Å². The normalized spacial score (nSPS) is 11.3. The van der Waals surface area contributed by atoms with Crippen LogP contribution < -0.4 is 10.6 Å². The SMILES string of the molecule is CN=C(NC)NCc1cc(Br)ccc1F.